The van der Waals surface area contributed by atoms with Gasteiger partial charge in [0.2, 0.25) is 5.91 Å². The van der Waals surface area contributed by atoms with E-state index >= 15 is 0 Å². The lowest BCUT2D eigenvalue weighted by molar-refractivity contribution is -0.126. The van der Waals surface area contributed by atoms with Crippen molar-refractivity contribution in [1.29, 1.82) is 0 Å². The number of carbonyl (C=O) groups excluding carboxylic acids is 2. The smallest absolute Gasteiger partial charge is 0.254 e. The Morgan fingerprint density at radius 1 is 1.25 bits per heavy atom. The number of ether oxygens (including phenoxy) is 1. The maximum atomic E-state index is 12.9. The Hall–Kier alpha value is -2.87. The van der Waals surface area contributed by atoms with Crippen molar-refractivity contribution in [3.63, 3.8) is 0 Å². The fourth-order valence-corrected chi connectivity index (χ4v) is 3.78. The first kappa shape index (κ1) is 18.5. The molecular weight excluding hydrogens is 360 g/mol. The third-order valence-corrected chi connectivity index (χ3v) is 5.38. The number of carbonyl (C=O) groups is 2. The minimum Gasteiger partial charge on any atom is -0.508 e. The lowest BCUT2D eigenvalue weighted by atomic mass is 10.0. The molecular formula is C20H24N4O4. The summed E-state index contributed by atoms with van der Waals surface area (Å²) < 4.78 is 7.06. The molecule has 28 heavy (non-hydrogen) atoms. The molecule has 2 aliphatic rings. The minimum atomic E-state index is -0.570. The summed E-state index contributed by atoms with van der Waals surface area (Å²) in [6.07, 6.45) is 3.54. The van der Waals surface area contributed by atoms with Crippen LogP contribution in [0.4, 0.5) is 0 Å². The largest absolute Gasteiger partial charge is 0.508 e. The molecule has 8 heteroatoms. The summed E-state index contributed by atoms with van der Waals surface area (Å²) in [5.41, 5.74) is 1.21. The van der Waals surface area contributed by atoms with Crippen molar-refractivity contribution >= 4 is 11.8 Å². The molecule has 2 aromatic rings. The fourth-order valence-electron chi connectivity index (χ4n) is 3.78. The number of nitrogens with zero attached hydrogens (tertiary/aromatic N) is 3. The summed E-state index contributed by atoms with van der Waals surface area (Å²) in [6, 6.07) is 7.51. The molecule has 0 aliphatic carbocycles. The molecule has 2 amide bonds. The van der Waals surface area contributed by atoms with Gasteiger partial charge in [0, 0.05) is 31.5 Å². The molecule has 1 fully saturated rings. The van der Waals surface area contributed by atoms with Gasteiger partial charge in [0.1, 0.15) is 11.8 Å². The molecule has 1 aromatic carbocycles. The second-order valence-corrected chi connectivity index (χ2v) is 7.32. The molecule has 2 aliphatic heterocycles. The molecule has 0 saturated carbocycles. The number of amides is 2. The Morgan fingerprint density at radius 2 is 2.07 bits per heavy atom. The third kappa shape index (κ3) is 3.87. The summed E-state index contributed by atoms with van der Waals surface area (Å²) >= 11 is 0. The number of benzene rings is 1. The van der Waals surface area contributed by atoms with Gasteiger partial charge in [0.15, 0.2) is 0 Å². The van der Waals surface area contributed by atoms with Gasteiger partial charge in [-0.1, -0.05) is 6.07 Å². The molecule has 1 saturated heterocycles. The Balaban J connectivity index is 1.47. The van der Waals surface area contributed by atoms with Crippen LogP contribution in [0.5, 0.6) is 5.75 Å². The summed E-state index contributed by atoms with van der Waals surface area (Å²) in [7, 11) is 0. The van der Waals surface area contributed by atoms with E-state index < -0.39 is 6.04 Å². The van der Waals surface area contributed by atoms with Crippen molar-refractivity contribution in [2.75, 3.05) is 26.3 Å². The summed E-state index contributed by atoms with van der Waals surface area (Å²) in [6.45, 7) is 2.69. The molecule has 0 unspecified atom stereocenters. The van der Waals surface area contributed by atoms with E-state index in [0.717, 1.165) is 31.7 Å². The van der Waals surface area contributed by atoms with Crippen LogP contribution in [-0.2, 0) is 16.1 Å². The first-order valence-electron chi connectivity index (χ1n) is 9.58. The maximum Gasteiger partial charge on any atom is 0.254 e. The first-order chi connectivity index (χ1) is 13.6. The van der Waals surface area contributed by atoms with Crippen molar-refractivity contribution in [3.05, 3.63) is 47.8 Å². The molecule has 4 rings (SSSR count). The molecule has 0 bridgehead atoms. The van der Waals surface area contributed by atoms with E-state index in [0.29, 0.717) is 24.6 Å². The number of phenolic OH excluding ortho intramolecular Hbond substituents is 1. The van der Waals surface area contributed by atoms with Crippen LogP contribution in [0.1, 0.15) is 34.9 Å². The van der Waals surface area contributed by atoms with E-state index in [4.69, 9.17) is 4.74 Å². The predicted molar refractivity (Wildman–Crippen MR) is 101 cm³/mol. The highest BCUT2D eigenvalue weighted by Crippen LogP contribution is 2.23. The SMILES string of the molecule is O=C(NCC1CCOCC1)[C@H]1CN(C(=O)c2cccc(O)c2)Cc2ccnn21. The molecule has 8 nitrogen and oxygen atoms in total. The third-order valence-electron chi connectivity index (χ3n) is 5.38. The van der Waals surface area contributed by atoms with E-state index in [1.54, 1.807) is 27.9 Å². The highest BCUT2D eigenvalue weighted by atomic mass is 16.5. The van der Waals surface area contributed by atoms with Crippen LogP contribution in [0.15, 0.2) is 36.5 Å². The number of aromatic nitrogens is 2. The first-order valence-corrected chi connectivity index (χ1v) is 9.58. The Bertz CT molecular complexity index is 859. The van der Waals surface area contributed by atoms with E-state index in [9.17, 15) is 14.7 Å². The number of hydrogen-bond donors (Lipinski definition) is 2. The fraction of sp³-hybridized carbons (Fsp3) is 0.450. The standard InChI is InChI=1S/C20H24N4O4/c25-17-3-1-2-15(10-17)20(27)23-12-16-4-7-22-24(16)18(13-23)19(26)21-11-14-5-8-28-9-6-14/h1-4,7,10,14,18,25H,5-6,8-9,11-13H2,(H,21,26)/t18-/m1/s1. The molecule has 1 atom stereocenters. The van der Waals surface area contributed by atoms with Crippen molar-refractivity contribution in [2.24, 2.45) is 5.92 Å². The van der Waals surface area contributed by atoms with E-state index in [1.165, 1.54) is 12.1 Å². The van der Waals surface area contributed by atoms with Crippen LogP contribution in [0.25, 0.3) is 0 Å². The van der Waals surface area contributed by atoms with Crippen LogP contribution >= 0.6 is 0 Å². The van der Waals surface area contributed by atoms with Gasteiger partial charge in [0.05, 0.1) is 18.8 Å². The van der Waals surface area contributed by atoms with Gasteiger partial charge in [-0.2, -0.15) is 5.10 Å². The number of hydrogen-bond acceptors (Lipinski definition) is 5. The molecule has 2 N–H and O–H groups in total. The molecule has 3 heterocycles. The normalized spacial score (nSPS) is 19.9. The summed E-state index contributed by atoms with van der Waals surface area (Å²) in [5.74, 6) is 0.109. The molecule has 0 spiro atoms. The number of rotatable bonds is 4. The minimum absolute atomic E-state index is 0.0404. The van der Waals surface area contributed by atoms with E-state index in [-0.39, 0.29) is 24.1 Å². The van der Waals surface area contributed by atoms with Crippen molar-refractivity contribution in [2.45, 2.75) is 25.4 Å². The zero-order chi connectivity index (χ0) is 19.5. The van der Waals surface area contributed by atoms with Gasteiger partial charge >= 0.3 is 0 Å². The molecule has 0 radical (unpaired) electrons. The second kappa shape index (κ2) is 8.02. The molecule has 1 aromatic heterocycles. The van der Waals surface area contributed by atoms with Crippen molar-refractivity contribution < 1.29 is 19.4 Å². The van der Waals surface area contributed by atoms with Crippen LogP contribution in [0.3, 0.4) is 0 Å². The maximum absolute atomic E-state index is 12.9. The van der Waals surface area contributed by atoms with Gasteiger partial charge in [-0.15, -0.1) is 0 Å². The Morgan fingerprint density at radius 3 is 2.86 bits per heavy atom. The average molecular weight is 384 g/mol. The molecule has 148 valence electrons. The average Bonchev–Trinajstić information content (AvgIpc) is 3.20. The second-order valence-electron chi connectivity index (χ2n) is 7.32. The highest BCUT2D eigenvalue weighted by molar-refractivity contribution is 5.95. The van der Waals surface area contributed by atoms with Crippen LogP contribution in [0.2, 0.25) is 0 Å². The predicted octanol–water partition coefficient (Wildman–Crippen LogP) is 1.33. The zero-order valence-electron chi connectivity index (χ0n) is 15.6. The lowest BCUT2D eigenvalue weighted by Gasteiger charge is -2.33. The van der Waals surface area contributed by atoms with Crippen LogP contribution in [-0.4, -0.2) is 57.9 Å². The van der Waals surface area contributed by atoms with Crippen molar-refractivity contribution in [3.8, 4) is 5.75 Å². The van der Waals surface area contributed by atoms with Crippen molar-refractivity contribution in [1.82, 2.24) is 20.0 Å². The number of nitrogens with one attached hydrogen (secondary N) is 1. The number of fused-ring (bicyclic) bond motifs is 1. The van der Waals surface area contributed by atoms with E-state index in [1.807, 2.05) is 6.07 Å². The summed E-state index contributed by atoms with van der Waals surface area (Å²) in [4.78, 5) is 27.4. The lowest BCUT2D eigenvalue weighted by Crippen LogP contribution is -2.47. The van der Waals surface area contributed by atoms with Gasteiger partial charge in [-0.3, -0.25) is 14.3 Å². The van der Waals surface area contributed by atoms with E-state index in [2.05, 4.69) is 10.4 Å². The van der Waals surface area contributed by atoms with Gasteiger partial charge in [-0.25, -0.2) is 0 Å². The highest BCUT2D eigenvalue weighted by Gasteiger charge is 2.33. The number of aromatic hydroxyl groups is 1. The topological polar surface area (TPSA) is 96.7 Å². The van der Waals surface area contributed by atoms with Gasteiger partial charge < -0.3 is 20.1 Å². The summed E-state index contributed by atoms with van der Waals surface area (Å²) in [5, 5.41) is 17.0. The quantitative estimate of drug-likeness (QED) is 0.829. The van der Waals surface area contributed by atoms with Gasteiger partial charge in [-0.05, 0) is 43.0 Å². The monoisotopic (exact) mass is 384 g/mol. The van der Waals surface area contributed by atoms with Gasteiger partial charge in [0.25, 0.3) is 5.91 Å². The Labute approximate surface area is 163 Å². The van der Waals surface area contributed by atoms with Crippen LogP contribution in [0, 0.1) is 5.92 Å². The zero-order valence-corrected chi connectivity index (χ0v) is 15.6. The number of phenols is 1. The van der Waals surface area contributed by atoms with Crippen LogP contribution < -0.4 is 5.32 Å². The Kier molecular flexibility index (Phi) is 5.29.